The fourth-order valence-corrected chi connectivity index (χ4v) is 3.67. The highest BCUT2D eigenvalue weighted by atomic mass is 16.7. The van der Waals surface area contributed by atoms with Crippen molar-refractivity contribution in [3.8, 4) is 0 Å². The number of rotatable bonds is 15. The zero-order valence-electron chi connectivity index (χ0n) is 25.6. The first kappa shape index (κ1) is 34.4. The third-order valence-corrected chi connectivity index (χ3v) is 5.42. The number of benzene rings is 2. The lowest BCUT2D eigenvalue weighted by molar-refractivity contribution is -0.199. The van der Waals surface area contributed by atoms with Crippen molar-refractivity contribution >= 4 is 23.8 Å². The molecule has 2 aromatic carbocycles. The third kappa shape index (κ3) is 14.7. The first-order valence-corrected chi connectivity index (χ1v) is 14.1. The minimum absolute atomic E-state index is 0.140. The van der Waals surface area contributed by atoms with Crippen molar-refractivity contribution in [2.24, 2.45) is 0 Å². The molecule has 0 atom stereocenters. The molecule has 0 radical (unpaired) electrons. The summed E-state index contributed by atoms with van der Waals surface area (Å²) in [7, 11) is 0. The Morgan fingerprint density at radius 1 is 0.571 bits per heavy atom. The van der Waals surface area contributed by atoms with Crippen LogP contribution in [0.15, 0.2) is 60.7 Å². The molecule has 0 unspecified atom stereocenters. The van der Waals surface area contributed by atoms with Gasteiger partial charge >= 0.3 is 11.9 Å². The second kappa shape index (κ2) is 16.6. The second-order valence-corrected chi connectivity index (χ2v) is 11.7. The van der Waals surface area contributed by atoms with Gasteiger partial charge in [0.05, 0.1) is 0 Å². The molecule has 230 valence electrons. The maximum Gasteiger partial charge on any atom is 0.315 e. The topological polar surface area (TPSA) is 112 Å². The average molecular weight is 585 g/mol. The summed E-state index contributed by atoms with van der Waals surface area (Å²) in [5.41, 5.74) is 0.283. The van der Waals surface area contributed by atoms with E-state index in [1.807, 2.05) is 60.7 Å². The Bertz CT molecular complexity index is 1050. The largest absolute Gasteiger partial charge is 0.460 e. The van der Waals surface area contributed by atoms with Gasteiger partial charge in [-0.05, 0) is 65.5 Å². The first-order chi connectivity index (χ1) is 19.7. The maximum absolute atomic E-state index is 13.0. The Balaban J connectivity index is 2.01. The Morgan fingerprint density at radius 2 is 0.905 bits per heavy atom. The highest BCUT2D eigenvalue weighted by Gasteiger charge is 2.25. The molecule has 10 heteroatoms. The lowest BCUT2D eigenvalue weighted by Gasteiger charge is -2.25. The average Bonchev–Trinajstić information content (AvgIpc) is 2.88. The highest BCUT2D eigenvalue weighted by molar-refractivity contribution is 5.94. The molecule has 0 heterocycles. The second-order valence-electron chi connectivity index (χ2n) is 11.7. The zero-order valence-corrected chi connectivity index (χ0v) is 25.6. The van der Waals surface area contributed by atoms with E-state index < -0.39 is 47.8 Å². The molecule has 0 aliphatic rings. The number of hydrogen-bond donors (Lipinski definition) is 0. The fraction of sp³-hybridized carbons (Fsp3) is 0.500. The molecule has 2 amide bonds. The maximum atomic E-state index is 13.0. The smallest absolute Gasteiger partial charge is 0.315 e. The standard InChI is InChI=1S/C32H44N2O8/c1-31(2,3)41-29(37)21-27(35)33(39-23-25-15-9-7-10-16-25)19-13-14-20-34(40-24-26-17-11-8-12-18-26)28(36)22-30(38)42-32(4,5)6/h7-12,15-18H,13-14,19-24H2,1-6H3. The first-order valence-electron chi connectivity index (χ1n) is 14.1. The van der Waals surface area contributed by atoms with Gasteiger partial charge in [0.25, 0.3) is 11.8 Å². The van der Waals surface area contributed by atoms with Crippen LogP contribution in [0.5, 0.6) is 0 Å². The van der Waals surface area contributed by atoms with Crippen LogP contribution in [0.2, 0.25) is 0 Å². The number of carbonyl (C=O) groups is 4. The molecule has 0 fully saturated rings. The van der Waals surface area contributed by atoms with Gasteiger partial charge in [0.1, 0.15) is 37.3 Å². The van der Waals surface area contributed by atoms with Crippen LogP contribution in [-0.4, -0.2) is 58.2 Å². The van der Waals surface area contributed by atoms with E-state index in [0.29, 0.717) is 12.8 Å². The molecule has 0 N–H and O–H groups in total. The summed E-state index contributed by atoms with van der Waals surface area (Å²) in [5.74, 6) is -2.35. The van der Waals surface area contributed by atoms with E-state index in [1.165, 1.54) is 0 Å². The van der Waals surface area contributed by atoms with Crippen molar-refractivity contribution in [1.82, 2.24) is 10.1 Å². The lowest BCUT2D eigenvalue weighted by Crippen LogP contribution is -2.37. The van der Waals surface area contributed by atoms with Crippen LogP contribution in [0.4, 0.5) is 0 Å². The number of hydroxylamine groups is 4. The van der Waals surface area contributed by atoms with E-state index in [1.54, 1.807) is 41.5 Å². The van der Waals surface area contributed by atoms with Crippen LogP contribution in [0.3, 0.4) is 0 Å². The van der Waals surface area contributed by atoms with Crippen molar-refractivity contribution < 1.29 is 38.3 Å². The number of amides is 2. The van der Waals surface area contributed by atoms with Gasteiger partial charge in [0, 0.05) is 13.1 Å². The molecule has 2 rings (SSSR count). The molecular formula is C32H44N2O8. The zero-order chi connectivity index (χ0) is 31.2. The van der Waals surface area contributed by atoms with Crippen LogP contribution in [-0.2, 0) is 51.5 Å². The van der Waals surface area contributed by atoms with Gasteiger partial charge in [0.15, 0.2) is 0 Å². The molecule has 0 spiro atoms. The molecule has 0 aliphatic carbocycles. The predicted octanol–water partition coefficient (Wildman–Crippen LogP) is 5.15. The van der Waals surface area contributed by atoms with Crippen LogP contribution in [0.1, 0.15) is 78.4 Å². The van der Waals surface area contributed by atoms with E-state index in [4.69, 9.17) is 19.1 Å². The number of carbonyl (C=O) groups excluding carboxylic acids is 4. The minimum atomic E-state index is -0.720. The number of ether oxygens (including phenoxy) is 2. The Hall–Kier alpha value is -3.76. The Kier molecular flexibility index (Phi) is 13.6. The van der Waals surface area contributed by atoms with Gasteiger partial charge < -0.3 is 9.47 Å². The predicted molar refractivity (Wildman–Crippen MR) is 156 cm³/mol. The van der Waals surface area contributed by atoms with Gasteiger partial charge in [-0.2, -0.15) is 0 Å². The van der Waals surface area contributed by atoms with Crippen molar-refractivity contribution in [2.75, 3.05) is 13.1 Å². The third-order valence-electron chi connectivity index (χ3n) is 5.42. The van der Waals surface area contributed by atoms with E-state index >= 15 is 0 Å². The molecule has 0 aliphatic heterocycles. The summed E-state index contributed by atoms with van der Waals surface area (Å²) in [6.45, 7) is 11.0. The van der Waals surface area contributed by atoms with Gasteiger partial charge in [-0.15, -0.1) is 0 Å². The molecule has 0 bridgehead atoms. The quantitative estimate of drug-likeness (QED) is 0.122. The molecule has 42 heavy (non-hydrogen) atoms. The molecule has 0 saturated heterocycles. The summed E-state index contributed by atoms with van der Waals surface area (Å²) in [5, 5.41) is 2.32. The van der Waals surface area contributed by atoms with Crippen molar-refractivity contribution in [2.45, 2.75) is 91.6 Å². The normalized spacial score (nSPS) is 11.5. The fourth-order valence-electron chi connectivity index (χ4n) is 3.67. The summed E-state index contributed by atoms with van der Waals surface area (Å²) in [4.78, 5) is 62.0. The summed E-state index contributed by atoms with van der Waals surface area (Å²) >= 11 is 0. The SMILES string of the molecule is CC(C)(C)OC(=O)CC(=O)N(CCCCN(OCc1ccccc1)C(=O)CC(=O)OC(C)(C)C)OCc1ccccc1. The molecule has 2 aromatic rings. The van der Waals surface area contributed by atoms with Crippen molar-refractivity contribution in [3.05, 3.63) is 71.8 Å². The van der Waals surface area contributed by atoms with Gasteiger partial charge in [-0.1, -0.05) is 60.7 Å². The molecule has 0 saturated carbocycles. The van der Waals surface area contributed by atoms with Crippen molar-refractivity contribution in [1.29, 1.82) is 0 Å². The molecular weight excluding hydrogens is 540 g/mol. The van der Waals surface area contributed by atoms with E-state index in [0.717, 1.165) is 21.3 Å². The van der Waals surface area contributed by atoms with Crippen molar-refractivity contribution in [3.63, 3.8) is 0 Å². The van der Waals surface area contributed by atoms with E-state index in [9.17, 15) is 19.2 Å². The van der Waals surface area contributed by atoms with Gasteiger partial charge in [-0.25, -0.2) is 10.1 Å². The van der Waals surface area contributed by atoms with Crippen LogP contribution >= 0.6 is 0 Å². The van der Waals surface area contributed by atoms with Crippen LogP contribution in [0, 0.1) is 0 Å². The summed E-state index contributed by atoms with van der Waals surface area (Å²) in [6.07, 6.45) is -0.0704. The Morgan fingerprint density at radius 3 is 1.21 bits per heavy atom. The number of hydrogen-bond acceptors (Lipinski definition) is 8. The molecule has 10 nitrogen and oxygen atoms in total. The summed E-state index contributed by atoms with van der Waals surface area (Å²) in [6, 6.07) is 18.7. The monoisotopic (exact) mass is 584 g/mol. The minimum Gasteiger partial charge on any atom is -0.460 e. The highest BCUT2D eigenvalue weighted by Crippen LogP contribution is 2.13. The number of unbranched alkanes of at least 4 members (excludes halogenated alkanes) is 1. The Labute approximate surface area is 248 Å². The van der Waals surface area contributed by atoms with Crippen LogP contribution in [0.25, 0.3) is 0 Å². The van der Waals surface area contributed by atoms with Crippen LogP contribution < -0.4 is 0 Å². The van der Waals surface area contributed by atoms with E-state index in [-0.39, 0.29) is 26.3 Å². The molecule has 0 aromatic heterocycles. The number of nitrogens with zero attached hydrogens (tertiary/aromatic N) is 2. The number of esters is 2. The lowest BCUT2D eigenvalue weighted by atomic mass is 10.2. The summed E-state index contributed by atoms with van der Waals surface area (Å²) < 4.78 is 10.6. The van der Waals surface area contributed by atoms with Gasteiger partial charge in [0.2, 0.25) is 0 Å². The van der Waals surface area contributed by atoms with Gasteiger partial charge in [-0.3, -0.25) is 28.9 Å². The van der Waals surface area contributed by atoms with E-state index in [2.05, 4.69) is 0 Å².